The minimum absolute atomic E-state index is 0.102. The van der Waals surface area contributed by atoms with Gasteiger partial charge in [0.15, 0.2) is 10.4 Å². The van der Waals surface area contributed by atoms with Gasteiger partial charge < -0.3 is 14.6 Å². The van der Waals surface area contributed by atoms with E-state index in [-0.39, 0.29) is 24.0 Å². The number of carbonyl (C=O) groups is 2. The van der Waals surface area contributed by atoms with E-state index in [0.717, 1.165) is 4.47 Å². The largest absolute Gasteiger partial charge is 0.444 e. The maximum absolute atomic E-state index is 13.5. The van der Waals surface area contributed by atoms with Crippen molar-refractivity contribution in [3.63, 3.8) is 0 Å². The lowest BCUT2D eigenvalue weighted by molar-refractivity contribution is -0.117. The van der Waals surface area contributed by atoms with Crippen molar-refractivity contribution < 1.29 is 18.4 Å². The zero-order valence-corrected chi connectivity index (χ0v) is 17.5. The molecular weight excluding hydrogens is 495 g/mol. The Kier molecular flexibility index (Phi) is 5.07. The topological polar surface area (TPSA) is 62.6 Å². The van der Waals surface area contributed by atoms with Crippen molar-refractivity contribution >= 4 is 49.4 Å². The number of nitrogens with zero attached hydrogens (tertiary/aromatic N) is 1. The summed E-state index contributed by atoms with van der Waals surface area (Å²) in [7, 11) is 0. The van der Waals surface area contributed by atoms with Crippen LogP contribution in [0.25, 0.3) is 0 Å². The summed E-state index contributed by atoms with van der Waals surface area (Å²) in [5.74, 6) is -1.05. The molecule has 0 aliphatic carbocycles. The van der Waals surface area contributed by atoms with E-state index < -0.39 is 11.9 Å². The molecule has 1 aliphatic heterocycles. The van der Waals surface area contributed by atoms with Crippen molar-refractivity contribution in [2.45, 2.75) is 6.04 Å². The lowest BCUT2D eigenvalue weighted by Gasteiger charge is -2.30. The SMILES string of the molecule is O=C1CN(C(=O)c2ccc(Br)o2)C(c2ccc(F)cc2)c2cc(Br)ccc2N1. The van der Waals surface area contributed by atoms with Gasteiger partial charge in [-0.1, -0.05) is 28.1 Å². The van der Waals surface area contributed by atoms with E-state index in [0.29, 0.717) is 21.5 Å². The molecule has 5 nitrogen and oxygen atoms in total. The molecule has 28 heavy (non-hydrogen) atoms. The summed E-state index contributed by atoms with van der Waals surface area (Å²) in [6.45, 7) is -0.175. The predicted molar refractivity (Wildman–Crippen MR) is 108 cm³/mol. The summed E-state index contributed by atoms with van der Waals surface area (Å²) in [6.07, 6.45) is 0. The fourth-order valence-electron chi connectivity index (χ4n) is 3.24. The second kappa shape index (κ2) is 7.52. The second-order valence-corrected chi connectivity index (χ2v) is 7.97. The smallest absolute Gasteiger partial charge is 0.290 e. The number of halogens is 3. The summed E-state index contributed by atoms with van der Waals surface area (Å²) in [5, 5.41) is 2.83. The molecule has 1 atom stereocenters. The molecule has 4 rings (SSSR count). The number of anilines is 1. The third-order valence-electron chi connectivity index (χ3n) is 4.44. The molecule has 0 saturated carbocycles. The van der Waals surface area contributed by atoms with Gasteiger partial charge in [0.2, 0.25) is 5.91 Å². The molecule has 1 aliphatic rings. The van der Waals surface area contributed by atoms with Crippen molar-refractivity contribution in [2.75, 3.05) is 11.9 Å². The highest BCUT2D eigenvalue weighted by molar-refractivity contribution is 9.10. The molecule has 8 heteroatoms. The van der Waals surface area contributed by atoms with Crippen LogP contribution in [-0.2, 0) is 4.79 Å². The highest BCUT2D eigenvalue weighted by Gasteiger charge is 2.35. The molecule has 0 radical (unpaired) electrons. The van der Waals surface area contributed by atoms with E-state index in [4.69, 9.17) is 4.42 Å². The molecule has 2 aromatic carbocycles. The zero-order chi connectivity index (χ0) is 19.8. The van der Waals surface area contributed by atoms with Crippen molar-refractivity contribution in [1.82, 2.24) is 4.90 Å². The van der Waals surface area contributed by atoms with Crippen molar-refractivity contribution in [1.29, 1.82) is 0 Å². The molecule has 2 amide bonds. The van der Waals surface area contributed by atoms with E-state index in [1.54, 1.807) is 30.3 Å². The van der Waals surface area contributed by atoms with Crippen LogP contribution in [0.4, 0.5) is 10.1 Å². The molecule has 0 bridgehead atoms. The highest BCUT2D eigenvalue weighted by atomic mass is 79.9. The molecule has 0 fully saturated rings. The first kappa shape index (κ1) is 18.9. The van der Waals surface area contributed by atoms with Gasteiger partial charge in [-0.15, -0.1) is 0 Å². The van der Waals surface area contributed by atoms with E-state index >= 15 is 0 Å². The van der Waals surface area contributed by atoms with E-state index in [2.05, 4.69) is 37.2 Å². The van der Waals surface area contributed by atoms with Gasteiger partial charge in [-0.3, -0.25) is 9.59 Å². The Bertz CT molecular complexity index is 1070. The predicted octanol–water partition coefficient (Wildman–Crippen LogP) is 5.13. The van der Waals surface area contributed by atoms with Crippen LogP contribution in [0.5, 0.6) is 0 Å². The van der Waals surface area contributed by atoms with Gasteiger partial charge in [-0.05, 0) is 64.0 Å². The van der Waals surface area contributed by atoms with Crippen LogP contribution in [-0.4, -0.2) is 23.3 Å². The fraction of sp³-hybridized carbons (Fsp3) is 0.100. The number of benzene rings is 2. The van der Waals surface area contributed by atoms with E-state index in [1.165, 1.54) is 17.0 Å². The van der Waals surface area contributed by atoms with Crippen LogP contribution in [0.2, 0.25) is 0 Å². The molecule has 1 N–H and O–H groups in total. The summed E-state index contributed by atoms with van der Waals surface area (Å²) in [4.78, 5) is 27.1. The maximum Gasteiger partial charge on any atom is 0.290 e. The molecule has 2 heterocycles. The number of rotatable bonds is 2. The molecule has 1 aromatic heterocycles. The van der Waals surface area contributed by atoms with Gasteiger partial charge >= 0.3 is 0 Å². The Balaban J connectivity index is 1.89. The number of nitrogens with one attached hydrogen (secondary N) is 1. The Morgan fingerprint density at radius 1 is 1.11 bits per heavy atom. The lowest BCUT2D eigenvalue weighted by Crippen LogP contribution is -2.38. The standard InChI is InChI=1S/C20H13Br2FN2O3/c21-12-3-6-15-14(9-12)19(11-1-4-13(23)5-2-11)25(10-18(26)24-15)20(27)16-7-8-17(22)28-16/h1-9,19H,10H2,(H,24,26). The maximum atomic E-state index is 13.5. The molecule has 0 spiro atoms. The Morgan fingerprint density at radius 2 is 1.86 bits per heavy atom. The molecule has 1 unspecified atom stereocenters. The van der Waals surface area contributed by atoms with Gasteiger partial charge in [0.05, 0.1) is 6.04 Å². The monoisotopic (exact) mass is 506 g/mol. The molecular formula is C20H13Br2FN2O3. The summed E-state index contributed by atoms with van der Waals surface area (Å²) in [6, 6.07) is 13.8. The summed E-state index contributed by atoms with van der Waals surface area (Å²) >= 11 is 6.64. The third-order valence-corrected chi connectivity index (χ3v) is 5.36. The number of fused-ring (bicyclic) bond motifs is 1. The van der Waals surface area contributed by atoms with Gasteiger partial charge in [-0.25, -0.2) is 4.39 Å². The molecule has 0 saturated heterocycles. The number of carbonyl (C=O) groups excluding carboxylic acids is 2. The van der Waals surface area contributed by atoms with Crippen LogP contribution < -0.4 is 5.32 Å². The number of amides is 2. The molecule has 142 valence electrons. The first-order valence-electron chi connectivity index (χ1n) is 8.33. The lowest BCUT2D eigenvalue weighted by atomic mass is 9.95. The van der Waals surface area contributed by atoms with E-state index in [1.807, 2.05) is 12.1 Å². The van der Waals surface area contributed by atoms with Gasteiger partial charge in [0.25, 0.3) is 5.91 Å². The van der Waals surface area contributed by atoms with Crippen molar-refractivity contribution in [3.8, 4) is 0 Å². The average molecular weight is 508 g/mol. The van der Waals surface area contributed by atoms with Crippen molar-refractivity contribution in [2.24, 2.45) is 0 Å². The Morgan fingerprint density at radius 3 is 2.54 bits per heavy atom. The zero-order valence-electron chi connectivity index (χ0n) is 14.3. The quantitative estimate of drug-likeness (QED) is 0.523. The Labute approximate surface area is 176 Å². The second-order valence-electron chi connectivity index (χ2n) is 6.27. The number of furan rings is 1. The summed E-state index contributed by atoms with van der Waals surface area (Å²) < 4.78 is 20.1. The summed E-state index contributed by atoms with van der Waals surface area (Å²) in [5.41, 5.74) is 1.99. The highest BCUT2D eigenvalue weighted by Crippen LogP contribution is 2.38. The minimum atomic E-state index is -0.608. The number of hydrogen-bond donors (Lipinski definition) is 1. The first-order chi connectivity index (χ1) is 13.4. The van der Waals surface area contributed by atoms with Crippen LogP contribution in [0.1, 0.15) is 27.7 Å². The van der Waals surface area contributed by atoms with Gasteiger partial charge in [0.1, 0.15) is 12.4 Å². The molecule has 3 aromatic rings. The normalized spacial score (nSPS) is 16.3. The van der Waals surface area contributed by atoms with Gasteiger partial charge in [-0.2, -0.15) is 0 Å². The van der Waals surface area contributed by atoms with Crippen LogP contribution in [0, 0.1) is 5.82 Å². The van der Waals surface area contributed by atoms with Crippen molar-refractivity contribution in [3.05, 3.63) is 86.4 Å². The third kappa shape index (κ3) is 3.62. The van der Waals surface area contributed by atoms with Crippen LogP contribution in [0.3, 0.4) is 0 Å². The van der Waals surface area contributed by atoms with Gasteiger partial charge in [0, 0.05) is 15.7 Å². The minimum Gasteiger partial charge on any atom is -0.444 e. The number of hydrogen-bond acceptors (Lipinski definition) is 3. The van der Waals surface area contributed by atoms with E-state index in [9.17, 15) is 14.0 Å². The van der Waals surface area contributed by atoms with Crippen LogP contribution >= 0.6 is 31.9 Å². The van der Waals surface area contributed by atoms with Crippen LogP contribution in [0.15, 0.2) is 68.2 Å². The average Bonchev–Trinajstić information content (AvgIpc) is 3.04. The fourth-order valence-corrected chi connectivity index (χ4v) is 3.93. The first-order valence-corrected chi connectivity index (χ1v) is 9.92. The Hall–Kier alpha value is -2.45.